The van der Waals surface area contributed by atoms with Crippen LogP contribution in [0, 0.1) is 11.8 Å². The molecule has 1 atom stereocenters. The van der Waals surface area contributed by atoms with Gasteiger partial charge >= 0.3 is 0 Å². The molecule has 1 saturated heterocycles. The van der Waals surface area contributed by atoms with Gasteiger partial charge in [-0.2, -0.15) is 0 Å². The molecule has 134 valence electrons. The van der Waals surface area contributed by atoms with Crippen LogP contribution in [0.1, 0.15) is 17.2 Å². The van der Waals surface area contributed by atoms with Crippen molar-refractivity contribution in [3.05, 3.63) is 83.4 Å². The van der Waals surface area contributed by atoms with Crippen LogP contribution >= 0.6 is 11.3 Å². The SMILES string of the molecule is O=C(C#Cc1ccccc1)N1CCN(c2nccs2)CC1c1ccccc1. The Hall–Kier alpha value is -3.10. The molecule has 0 saturated carbocycles. The lowest BCUT2D eigenvalue weighted by molar-refractivity contribution is -0.127. The number of hydrogen-bond donors (Lipinski definition) is 0. The van der Waals surface area contributed by atoms with Crippen LogP contribution in [0.15, 0.2) is 72.2 Å². The van der Waals surface area contributed by atoms with Crippen LogP contribution in [-0.2, 0) is 4.79 Å². The summed E-state index contributed by atoms with van der Waals surface area (Å²) in [5, 5.41) is 2.98. The highest BCUT2D eigenvalue weighted by Gasteiger charge is 2.31. The number of benzene rings is 2. The third-order valence-corrected chi connectivity index (χ3v) is 5.44. The van der Waals surface area contributed by atoms with Gasteiger partial charge in [-0.1, -0.05) is 54.5 Å². The molecule has 27 heavy (non-hydrogen) atoms. The zero-order chi connectivity index (χ0) is 18.5. The lowest BCUT2D eigenvalue weighted by Gasteiger charge is -2.40. The van der Waals surface area contributed by atoms with E-state index in [2.05, 4.69) is 33.9 Å². The number of aromatic nitrogens is 1. The number of carbonyl (C=O) groups is 1. The number of amides is 1. The number of thiazole rings is 1. The summed E-state index contributed by atoms with van der Waals surface area (Å²) in [7, 11) is 0. The Morgan fingerprint density at radius 2 is 1.78 bits per heavy atom. The van der Waals surface area contributed by atoms with Crippen molar-refractivity contribution >= 4 is 22.4 Å². The Balaban J connectivity index is 1.59. The minimum Gasteiger partial charge on any atom is -0.344 e. The molecule has 5 heteroatoms. The number of hydrogen-bond acceptors (Lipinski definition) is 4. The van der Waals surface area contributed by atoms with Crippen molar-refractivity contribution in [2.45, 2.75) is 6.04 Å². The van der Waals surface area contributed by atoms with Crippen LogP contribution in [0.5, 0.6) is 0 Å². The third kappa shape index (κ3) is 4.02. The van der Waals surface area contributed by atoms with Crippen LogP contribution in [-0.4, -0.2) is 35.4 Å². The van der Waals surface area contributed by atoms with E-state index >= 15 is 0 Å². The minimum atomic E-state index is -0.133. The summed E-state index contributed by atoms with van der Waals surface area (Å²) in [6.45, 7) is 2.10. The Morgan fingerprint density at radius 1 is 1.04 bits per heavy atom. The van der Waals surface area contributed by atoms with Crippen molar-refractivity contribution in [1.82, 2.24) is 9.88 Å². The molecule has 2 heterocycles. The predicted molar refractivity (Wildman–Crippen MR) is 109 cm³/mol. The Labute approximate surface area is 163 Å². The Bertz CT molecular complexity index is 945. The molecule has 4 nitrogen and oxygen atoms in total. The molecule has 3 aromatic rings. The molecule has 0 aliphatic carbocycles. The molecule has 4 rings (SSSR count). The van der Waals surface area contributed by atoms with Crippen molar-refractivity contribution in [2.24, 2.45) is 0 Å². The number of anilines is 1. The van der Waals surface area contributed by atoms with Crippen molar-refractivity contribution in [3.8, 4) is 11.8 Å². The van der Waals surface area contributed by atoms with Gasteiger partial charge in [-0.25, -0.2) is 4.98 Å². The minimum absolute atomic E-state index is 0.0403. The molecule has 1 aliphatic heterocycles. The highest BCUT2D eigenvalue weighted by atomic mass is 32.1. The maximum absolute atomic E-state index is 12.9. The maximum Gasteiger partial charge on any atom is 0.299 e. The van der Waals surface area contributed by atoms with Crippen LogP contribution in [0.25, 0.3) is 0 Å². The number of nitrogens with zero attached hydrogens (tertiary/aromatic N) is 3. The lowest BCUT2D eigenvalue weighted by Crippen LogP contribution is -2.50. The number of rotatable bonds is 2. The first kappa shape index (κ1) is 17.3. The molecule has 2 aromatic carbocycles. The van der Waals surface area contributed by atoms with E-state index in [9.17, 15) is 4.79 Å². The van der Waals surface area contributed by atoms with Gasteiger partial charge in [0.25, 0.3) is 5.91 Å². The number of piperazine rings is 1. The number of carbonyl (C=O) groups excluding carboxylic acids is 1. The van der Waals surface area contributed by atoms with E-state index in [0.29, 0.717) is 6.54 Å². The molecule has 0 N–H and O–H groups in total. The molecule has 0 bridgehead atoms. The van der Waals surface area contributed by atoms with Gasteiger partial charge < -0.3 is 9.80 Å². The first-order valence-corrected chi connectivity index (χ1v) is 9.76. The average Bonchev–Trinajstić information content (AvgIpc) is 3.28. The molecular weight excluding hydrogens is 354 g/mol. The van der Waals surface area contributed by atoms with Gasteiger partial charge in [0.05, 0.1) is 6.04 Å². The van der Waals surface area contributed by atoms with Crippen LogP contribution in [0.3, 0.4) is 0 Å². The standard InChI is InChI=1S/C22H19N3OS/c26-21(12-11-18-7-3-1-4-8-18)25-15-14-24(22-23-13-16-27-22)17-20(25)19-9-5-2-6-10-19/h1-10,13,16,20H,14-15,17H2. The van der Waals surface area contributed by atoms with Gasteiger partial charge in [0.15, 0.2) is 5.13 Å². The maximum atomic E-state index is 12.9. The summed E-state index contributed by atoms with van der Waals surface area (Å²) in [5.74, 6) is 5.68. The van der Waals surface area contributed by atoms with Gasteiger partial charge in [0, 0.05) is 42.7 Å². The summed E-state index contributed by atoms with van der Waals surface area (Å²) in [6, 6.07) is 19.7. The third-order valence-electron chi connectivity index (χ3n) is 4.60. The van der Waals surface area contributed by atoms with Crippen LogP contribution in [0.4, 0.5) is 5.13 Å². The molecule has 0 spiro atoms. The smallest absolute Gasteiger partial charge is 0.299 e. The summed E-state index contributed by atoms with van der Waals surface area (Å²) in [5.41, 5.74) is 1.97. The van der Waals surface area contributed by atoms with Crippen molar-refractivity contribution in [3.63, 3.8) is 0 Å². The van der Waals surface area contributed by atoms with E-state index in [0.717, 1.165) is 29.3 Å². The van der Waals surface area contributed by atoms with Crippen LogP contribution in [0.2, 0.25) is 0 Å². The van der Waals surface area contributed by atoms with E-state index in [1.807, 2.05) is 65.0 Å². The molecule has 1 aliphatic rings. The predicted octanol–water partition coefficient (Wildman–Crippen LogP) is 3.58. The fourth-order valence-corrected chi connectivity index (χ4v) is 3.93. The second kappa shape index (κ2) is 8.07. The topological polar surface area (TPSA) is 36.4 Å². The zero-order valence-electron chi connectivity index (χ0n) is 14.8. The van der Waals surface area contributed by atoms with Gasteiger partial charge in [0.1, 0.15) is 0 Å². The first-order valence-electron chi connectivity index (χ1n) is 8.88. The Morgan fingerprint density at radius 3 is 2.48 bits per heavy atom. The van der Waals surface area contributed by atoms with Crippen molar-refractivity contribution in [2.75, 3.05) is 24.5 Å². The average molecular weight is 373 g/mol. The summed E-state index contributed by atoms with van der Waals surface area (Å²) in [4.78, 5) is 21.4. The summed E-state index contributed by atoms with van der Waals surface area (Å²) < 4.78 is 0. The normalized spacial score (nSPS) is 16.5. The van der Waals surface area contributed by atoms with E-state index in [1.54, 1.807) is 11.3 Å². The second-order valence-electron chi connectivity index (χ2n) is 6.30. The molecule has 1 unspecified atom stereocenters. The van der Waals surface area contributed by atoms with Gasteiger partial charge in [0.2, 0.25) is 0 Å². The fourth-order valence-electron chi connectivity index (χ4n) is 3.25. The quantitative estimate of drug-likeness (QED) is 0.644. The molecular formula is C22H19N3OS. The molecule has 1 fully saturated rings. The van der Waals surface area contributed by atoms with Crippen LogP contribution < -0.4 is 4.90 Å². The van der Waals surface area contributed by atoms with Crippen molar-refractivity contribution in [1.29, 1.82) is 0 Å². The lowest BCUT2D eigenvalue weighted by atomic mass is 10.0. The molecule has 1 amide bonds. The summed E-state index contributed by atoms with van der Waals surface area (Å²) in [6.07, 6.45) is 1.82. The van der Waals surface area contributed by atoms with E-state index in [1.165, 1.54) is 0 Å². The van der Waals surface area contributed by atoms with E-state index in [-0.39, 0.29) is 11.9 Å². The van der Waals surface area contributed by atoms with E-state index < -0.39 is 0 Å². The molecule has 0 radical (unpaired) electrons. The highest BCUT2D eigenvalue weighted by molar-refractivity contribution is 7.13. The largest absolute Gasteiger partial charge is 0.344 e. The van der Waals surface area contributed by atoms with Gasteiger partial charge in [-0.15, -0.1) is 11.3 Å². The van der Waals surface area contributed by atoms with Crippen molar-refractivity contribution < 1.29 is 4.79 Å². The fraction of sp³-hybridized carbons (Fsp3) is 0.182. The van der Waals surface area contributed by atoms with Gasteiger partial charge in [-0.3, -0.25) is 4.79 Å². The second-order valence-corrected chi connectivity index (χ2v) is 7.17. The summed E-state index contributed by atoms with van der Waals surface area (Å²) >= 11 is 1.63. The van der Waals surface area contributed by atoms with Gasteiger partial charge in [-0.05, 0) is 17.7 Å². The Kier molecular flexibility index (Phi) is 5.17. The zero-order valence-corrected chi connectivity index (χ0v) is 15.6. The monoisotopic (exact) mass is 373 g/mol. The van der Waals surface area contributed by atoms with E-state index in [4.69, 9.17) is 0 Å². The first-order chi connectivity index (χ1) is 13.3. The molecule has 1 aromatic heterocycles. The highest BCUT2D eigenvalue weighted by Crippen LogP contribution is 2.29.